The van der Waals surface area contributed by atoms with Gasteiger partial charge in [0.05, 0.1) is 5.02 Å². The molecule has 1 amide bonds. The number of amides is 1. The second-order valence-corrected chi connectivity index (χ2v) is 8.01. The number of carbonyl (C=O) groups is 1. The summed E-state index contributed by atoms with van der Waals surface area (Å²) in [6.07, 6.45) is 12.6. The molecule has 0 radical (unpaired) electrons. The van der Waals surface area contributed by atoms with Crippen LogP contribution >= 0.6 is 23.2 Å². The van der Waals surface area contributed by atoms with Crippen molar-refractivity contribution < 1.29 is 9.53 Å². The molecule has 1 N–H and O–H groups in total. The molecule has 1 saturated carbocycles. The molecule has 0 bridgehead atoms. The average molecular weight is 413 g/mol. The van der Waals surface area contributed by atoms with Crippen LogP contribution in [0.4, 0.5) is 0 Å². The lowest BCUT2D eigenvalue weighted by Crippen LogP contribution is -2.34. The van der Waals surface area contributed by atoms with Crippen LogP contribution in [0.25, 0.3) is 0 Å². The molecule has 150 valence electrons. The third-order valence-corrected chi connectivity index (χ3v) is 5.35. The van der Waals surface area contributed by atoms with Gasteiger partial charge < -0.3 is 4.74 Å². The van der Waals surface area contributed by atoms with E-state index in [9.17, 15) is 4.79 Å². The zero-order chi connectivity index (χ0) is 19.5. The highest BCUT2D eigenvalue weighted by atomic mass is 35.5. The van der Waals surface area contributed by atoms with Gasteiger partial charge in [-0.15, -0.1) is 0 Å². The highest BCUT2D eigenvalue weighted by Gasteiger charge is 2.16. The van der Waals surface area contributed by atoms with Gasteiger partial charge in [-0.25, -0.2) is 5.43 Å². The number of nitrogens with one attached hydrogen (secondary N) is 1. The normalized spacial score (nSPS) is 18.0. The molecule has 0 aromatic heterocycles. The summed E-state index contributed by atoms with van der Waals surface area (Å²) in [5, 5.41) is 5.30. The number of carbonyl (C=O) groups excluding carboxylic acids is 1. The molecular formula is C21H30Cl2N2O2. The number of hydrogen-bond acceptors (Lipinski definition) is 3. The number of nitrogens with zero attached hydrogens (tertiary/aromatic N) is 1. The van der Waals surface area contributed by atoms with E-state index in [1.165, 1.54) is 44.9 Å². The summed E-state index contributed by atoms with van der Waals surface area (Å²) in [4.78, 5) is 12.3. The number of halogens is 2. The van der Waals surface area contributed by atoms with Crippen molar-refractivity contribution in [3.8, 4) is 5.75 Å². The minimum absolute atomic E-state index is 0.278. The molecule has 1 fully saturated rings. The maximum Gasteiger partial charge on any atom is 0.280 e. The van der Waals surface area contributed by atoms with Crippen LogP contribution in [0.15, 0.2) is 23.3 Å². The minimum atomic E-state index is -0.695. The van der Waals surface area contributed by atoms with Crippen molar-refractivity contribution in [1.82, 2.24) is 5.43 Å². The molecule has 2 rings (SSSR count). The van der Waals surface area contributed by atoms with Crippen LogP contribution in [-0.4, -0.2) is 17.7 Å². The van der Waals surface area contributed by atoms with Crippen molar-refractivity contribution >= 4 is 34.8 Å². The molecule has 0 unspecified atom stereocenters. The van der Waals surface area contributed by atoms with E-state index in [4.69, 9.17) is 27.9 Å². The van der Waals surface area contributed by atoms with Crippen molar-refractivity contribution in [3.05, 3.63) is 28.2 Å². The summed E-state index contributed by atoms with van der Waals surface area (Å²) in [5.74, 6) is 0.155. The molecular weight excluding hydrogens is 383 g/mol. The van der Waals surface area contributed by atoms with E-state index in [0.717, 1.165) is 31.4 Å². The van der Waals surface area contributed by atoms with Gasteiger partial charge in [-0.3, -0.25) is 4.79 Å². The van der Waals surface area contributed by atoms with Crippen molar-refractivity contribution in [2.24, 2.45) is 5.10 Å². The van der Waals surface area contributed by atoms with Gasteiger partial charge in [0.15, 0.2) is 6.10 Å². The van der Waals surface area contributed by atoms with Crippen LogP contribution in [0, 0.1) is 0 Å². The first-order valence-electron chi connectivity index (χ1n) is 10.0. The molecule has 6 heteroatoms. The van der Waals surface area contributed by atoms with E-state index >= 15 is 0 Å². The fraction of sp³-hybridized carbons (Fsp3) is 0.619. The Morgan fingerprint density at radius 3 is 2.11 bits per heavy atom. The van der Waals surface area contributed by atoms with E-state index in [1.54, 1.807) is 25.1 Å². The molecule has 0 saturated heterocycles. The summed E-state index contributed by atoms with van der Waals surface area (Å²) >= 11 is 12.0. The second kappa shape index (κ2) is 12.2. The molecule has 0 aliphatic heterocycles. The van der Waals surface area contributed by atoms with Gasteiger partial charge in [0.2, 0.25) is 0 Å². The molecule has 1 atom stereocenters. The zero-order valence-electron chi connectivity index (χ0n) is 16.1. The van der Waals surface area contributed by atoms with Crippen molar-refractivity contribution in [1.29, 1.82) is 0 Å². The van der Waals surface area contributed by atoms with Crippen molar-refractivity contribution in [2.45, 2.75) is 83.7 Å². The van der Waals surface area contributed by atoms with Gasteiger partial charge in [-0.2, -0.15) is 5.10 Å². The first kappa shape index (κ1) is 22.0. The number of hydrazone groups is 1. The smallest absolute Gasteiger partial charge is 0.280 e. The fourth-order valence-electron chi connectivity index (χ4n) is 3.17. The van der Waals surface area contributed by atoms with Crippen LogP contribution in [0.2, 0.25) is 10.0 Å². The molecule has 27 heavy (non-hydrogen) atoms. The van der Waals surface area contributed by atoms with E-state index in [0.29, 0.717) is 15.8 Å². The minimum Gasteiger partial charge on any atom is -0.479 e. The van der Waals surface area contributed by atoms with Gasteiger partial charge in [-0.1, -0.05) is 68.1 Å². The predicted molar refractivity (Wildman–Crippen MR) is 113 cm³/mol. The van der Waals surface area contributed by atoms with Gasteiger partial charge in [0.25, 0.3) is 5.91 Å². The Morgan fingerprint density at radius 2 is 1.56 bits per heavy atom. The summed E-state index contributed by atoms with van der Waals surface area (Å²) in [5.41, 5.74) is 3.75. The Hall–Kier alpha value is -1.26. The SMILES string of the molecule is C[C@@H](Oc1ccc(Cl)cc1Cl)C(=O)NN=C1CCCCCCCCCCC1. The Balaban J connectivity index is 1.87. The monoisotopic (exact) mass is 412 g/mol. The number of hydrogen-bond donors (Lipinski definition) is 1. The second-order valence-electron chi connectivity index (χ2n) is 7.17. The fourth-order valence-corrected chi connectivity index (χ4v) is 3.63. The maximum absolute atomic E-state index is 12.3. The number of rotatable bonds is 4. The first-order valence-corrected chi connectivity index (χ1v) is 10.8. The Labute approximate surface area is 172 Å². The molecule has 4 nitrogen and oxygen atoms in total. The molecule has 0 heterocycles. The maximum atomic E-state index is 12.3. The highest BCUT2D eigenvalue weighted by Crippen LogP contribution is 2.28. The summed E-state index contributed by atoms with van der Waals surface area (Å²) in [6, 6.07) is 4.93. The van der Waals surface area contributed by atoms with Gasteiger partial charge in [0, 0.05) is 10.7 Å². The Bertz CT molecular complexity index is 621. The topological polar surface area (TPSA) is 50.7 Å². The van der Waals surface area contributed by atoms with Gasteiger partial charge in [0.1, 0.15) is 5.75 Å². The van der Waals surface area contributed by atoms with Crippen molar-refractivity contribution in [2.75, 3.05) is 0 Å². The van der Waals surface area contributed by atoms with Crippen LogP contribution in [0.5, 0.6) is 5.75 Å². The molecule has 1 aromatic carbocycles. The largest absolute Gasteiger partial charge is 0.479 e. The zero-order valence-corrected chi connectivity index (χ0v) is 17.6. The predicted octanol–water partition coefficient (Wildman–Crippen LogP) is 6.54. The van der Waals surface area contributed by atoms with E-state index < -0.39 is 6.10 Å². The summed E-state index contributed by atoms with van der Waals surface area (Å²) < 4.78 is 5.64. The van der Waals surface area contributed by atoms with E-state index in [2.05, 4.69) is 10.5 Å². The highest BCUT2D eigenvalue weighted by molar-refractivity contribution is 6.35. The molecule has 1 aromatic rings. The van der Waals surface area contributed by atoms with Crippen LogP contribution in [0.3, 0.4) is 0 Å². The van der Waals surface area contributed by atoms with Crippen LogP contribution in [0.1, 0.15) is 77.6 Å². The third kappa shape index (κ3) is 8.52. The van der Waals surface area contributed by atoms with E-state index in [1.807, 2.05) is 0 Å². The standard InChI is InChI=1S/C21H30Cl2N2O2/c1-16(27-20-14-13-17(22)15-19(20)23)21(26)25-24-18-11-9-7-5-3-2-4-6-8-10-12-18/h13-16H,2-12H2,1H3,(H,25,26)/t16-/m1/s1. The van der Waals surface area contributed by atoms with Gasteiger partial charge in [-0.05, 0) is 50.8 Å². The lowest BCUT2D eigenvalue weighted by atomic mass is 10.00. The Morgan fingerprint density at radius 1 is 1.00 bits per heavy atom. The van der Waals surface area contributed by atoms with Crippen LogP contribution in [-0.2, 0) is 4.79 Å². The van der Waals surface area contributed by atoms with E-state index in [-0.39, 0.29) is 5.91 Å². The summed E-state index contributed by atoms with van der Waals surface area (Å²) in [6.45, 7) is 1.68. The number of benzene rings is 1. The summed E-state index contributed by atoms with van der Waals surface area (Å²) in [7, 11) is 0. The lowest BCUT2D eigenvalue weighted by molar-refractivity contribution is -0.127. The molecule has 1 aliphatic rings. The lowest BCUT2D eigenvalue weighted by Gasteiger charge is -2.15. The quantitative estimate of drug-likeness (QED) is 0.570. The van der Waals surface area contributed by atoms with Crippen LogP contribution < -0.4 is 10.2 Å². The van der Waals surface area contributed by atoms with Gasteiger partial charge >= 0.3 is 0 Å². The third-order valence-electron chi connectivity index (χ3n) is 4.82. The Kier molecular flexibility index (Phi) is 10.00. The van der Waals surface area contributed by atoms with Crippen molar-refractivity contribution in [3.63, 3.8) is 0 Å². The molecule has 0 spiro atoms. The number of ether oxygens (including phenoxy) is 1. The molecule has 1 aliphatic carbocycles. The first-order chi connectivity index (χ1) is 13.1. The average Bonchev–Trinajstić information content (AvgIpc) is 2.63.